The third-order valence-electron chi connectivity index (χ3n) is 3.11. The highest BCUT2D eigenvalue weighted by molar-refractivity contribution is 6.31. The Labute approximate surface area is 100 Å². The topological polar surface area (TPSA) is 15.3 Å². The molecule has 16 heavy (non-hydrogen) atoms. The Balaban J connectivity index is 2.15. The summed E-state index contributed by atoms with van der Waals surface area (Å²) in [7, 11) is 0. The summed E-state index contributed by atoms with van der Waals surface area (Å²) in [5, 5.41) is 3.83. The Bertz CT molecular complexity index is 364. The molecule has 1 aromatic rings. The molecule has 88 valence electrons. The van der Waals surface area contributed by atoms with Gasteiger partial charge in [0.25, 0.3) is 0 Å². The quantitative estimate of drug-likeness (QED) is 0.857. The average molecular weight is 243 g/mol. The molecule has 0 spiro atoms. The Hall–Kier alpha value is -0.640. The van der Waals surface area contributed by atoms with Crippen LogP contribution in [0.2, 0.25) is 5.02 Å². The zero-order valence-electron chi connectivity index (χ0n) is 9.34. The van der Waals surface area contributed by atoms with Gasteiger partial charge in [0.1, 0.15) is 5.82 Å². The normalized spacial score (nSPS) is 19.7. The van der Waals surface area contributed by atoms with Crippen molar-refractivity contribution < 1.29 is 4.39 Å². The number of rotatable bonds is 2. The van der Waals surface area contributed by atoms with Crippen LogP contribution in [-0.2, 0) is 0 Å². The lowest BCUT2D eigenvalue weighted by Gasteiger charge is -2.33. The SMILES string of the molecule is CC(c1ccc(F)cc1Cl)N1CCNCC1. The third-order valence-corrected chi connectivity index (χ3v) is 3.44. The molecule has 1 aliphatic heterocycles. The lowest BCUT2D eigenvalue weighted by atomic mass is 10.1. The van der Waals surface area contributed by atoms with Crippen LogP contribution in [0.3, 0.4) is 0 Å². The van der Waals surface area contributed by atoms with E-state index in [0.717, 1.165) is 31.7 Å². The van der Waals surface area contributed by atoms with Crippen molar-refractivity contribution in [2.75, 3.05) is 26.2 Å². The van der Waals surface area contributed by atoms with E-state index >= 15 is 0 Å². The Kier molecular flexibility index (Phi) is 3.79. The van der Waals surface area contributed by atoms with Crippen molar-refractivity contribution >= 4 is 11.6 Å². The molecule has 0 aromatic heterocycles. The molecule has 1 heterocycles. The van der Waals surface area contributed by atoms with E-state index < -0.39 is 0 Å². The maximum atomic E-state index is 12.9. The fraction of sp³-hybridized carbons (Fsp3) is 0.500. The molecule has 0 bridgehead atoms. The first kappa shape index (κ1) is 11.8. The number of nitrogens with one attached hydrogen (secondary N) is 1. The minimum Gasteiger partial charge on any atom is -0.314 e. The van der Waals surface area contributed by atoms with Crippen molar-refractivity contribution in [3.8, 4) is 0 Å². The van der Waals surface area contributed by atoms with Crippen LogP contribution in [-0.4, -0.2) is 31.1 Å². The maximum absolute atomic E-state index is 12.9. The van der Waals surface area contributed by atoms with Gasteiger partial charge >= 0.3 is 0 Å². The van der Waals surface area contributed by atoms with Gasteiger partial charge in [0.05, 0.1) is 0 Å². The van der Waals surface area contributed by atoms with Gasteiger partial charge < -0.3 is 5.32 Å². The van der Waals surface area contributed by atoms with E-state index in [0.29, 0.717) is 5.02 Å². The molecule has 0 radical (unpaired) electrons. The van der Waals surface area contributed by atoms with Crippen molar-refractivity contribution in [1.29, 1.82) is 0 Å². The van der Waals surface area contributed by atoms with Gasteiger partial charge in [-0.05, 0) is 24.6 Å². The van der Waals surface area contributed by atoms with E-state index in [1.165, 1.54) is 12.1 Å². The molecule has 0 aliphatic carbocycles. The van der Waals surface area contributed by atoms with Crippen molar-refractivity contribution in [2.45, 2.75) is 13.0 Å². The van der Waals surface area contributed by atoms with Crippen molar-refractivity contribution in [3.05, 3.63) is 34.6 Å². The summed E-state index contributed by atoms with van der Waals surface area (Å²) in [6.07, 6.45) is 0. The van der Waals surface area contributed by atoms with Crippen LogP contribution in [0.1, 0.15) is 18.5 Å². The summed E-state index contributed by atoms with van der Waals surface area (Å²) < 4.78 is 12.9. The Morgan fingerprint density at radius 3 is 2.69 bits per heavy atom. The first-order valence-electron chi connectivity index (χ1n) is 5.58. The number of nitrogens with zero attached hydrogens (tertiary/aromatic N) is 1. The van der Waals surface area contributed by atoms with E-state index in [2.05, 4.69) is 17.1 Å². The molecule has 1 aliphatic rings. The van der Waals surface area contributed by atoms with Crippen LogP contribution in [0.5, 0.6) is 0 Å². The van der Waals surface area contributed by atoms with Gasteiger partial charge in [0.2, 0.25) is 0 Å². The van der Waals surface area contributed by atoms with Crippen molar-refractivity contribution in [2.24, 2.45) is 0 Å². The highest BCUT2D eigenvalue weighted by Gasteiger charge is 2.19. The van der Waals surface area contributed by atoms with Crippen LogP contribution < -0.4 is 5.32 Å². The minimum atomic E-state index is -0.277. The zero-order valence-corrected chi connectivity index (χ0v) is 10.1. The molecule has 4 heteroatoms. The summed E-state index contributed by atoms with van der Waals surface area (Å²) >= 11 is 6.06. The summed E-state index contributed by atoms with van der Waals surface area (Å²) in [6, 6.07) is 4.88. The second-order valence-corrected chi connectivity index (χ2v) is 4.53. The average Bonchev–Trinajstić information content (AvgIpc) is 2.29. The van der Waals surface area contributed by atoms with Gasteiger partial charge in [-0.25, -0.2) is 4.39 Å². The second kappa shape index (κ2) is 5.13. The maximum Gasteiger partial charge on any atom is 0.124 e. The predicted octanol–water partition coefficient (Wildman–Crippen LogP) is 2.45. The third kappa shape index (κ3) is 2.54. The number of hydrogen-bond acceptors (Lipinski definition) is 2. The number of piperazine rings is 1. The number of hydrogen-bond donors (Lipinski definition) is 1. The fourth-order valence-electron chi connectivity index (χ4n) is 2.11. The highest BCUT2D eigenvalue weighted by atomic mass is 35.5. The van der Waals surface area contributed by atoms with Gasteiger partial charge in [-0.1, -0.05) is 17.7 Å². The summed E-state index contributed by atoms with van der Waals surface area (Å²) in [6.45, 7) is 6.14. The first-order valence-corrected chi connectivity index (χ1v) is 5.96. The molecule has 1 aromatic carbocycles. The summed E-state index contributed by atoms with van der Waals surface area (Å²) in [5.74, 6) is -0.277. The molecule has 0 saturated carbocycles. The van der Waals surface area contributed by atoms with Gasteiger partial charge in [0, 0.05) is 37.2 Å². The fourth-order valence-corrected chi connectivity index (χ4v) is 2.43. The molecule has 1 N–H and O–H groups in total. The zero-order chi connectivity index (χ0) is 11.5. The molecule has 0 amide bonds. The Morgan fingerprint density at radius 1 is 1.38 bits per heavy atom. The van der Waals surface area contributed by atoms with Crippen molar-refractivity contribution in [1.82, 2.24) is 10.2 Å². The van der Waals surface area contributed by atoms with Crippen LogP contribution >= 0.6 is 11.6 Å². The summed E-state index contributed by atoms with van der Waals surface area (Å²) in [4.78, 5) is 2.36. The molecule has 2 nitrogen and oxygen atoms in total. The largest absolute Gasteiger partial charge is 0.314 e. The smallest absolute Gasteiger partial charge is 0.124 e. The standard InChI is InChI=1S/C12H16ClFN2/c1-9(16-6-4-15-5-7-16)11-3-2-10(14)8-12(11)13/h2-3,8-9,15H,4-7H2,1H3. The summed E-state index contributed by atoms with van der Waals surface area (Å²) in [5.41, 5.74) is 1.00. The van der Waals surface area contributed by atoms with Gasteiger partial charge in [-0.2, -0.15) is 0 Å². The molecule has 1 atom stereocenters. The van der Waals surface area contributed by atoms with Crippen LogP contribution in [0, 0.1) is 5.82 Å². The van der Waals surface area contributed by atoms with Crippen LogP contribution in [0.4, 0.5) is 4.39 Å². The number of halogens is 2. The van der Waals surface area contributed by atoms with Gasteiger partial charge in [-0.15, -0.1) is 0 Å². The molecule has 1 fully saturated rings. The van der Waals surface area contributed by atoms with Crippen LogP contribution in [0.15, 0.2) is 18.2 Å². The van der Waals surface area contributed by atoms with Gasteiger partial charge in [-0.3, -0.25) is 4.90 Å². The van der Waals surface area contributed by atoms with E-state index in [1.54, 1.807) is 6.07 Å². The van der Waals surface area contributed by atoms with E-state index in [4.69, 9.17) is 11.6 Å². The molecule has 2 rings (SSSR count). The lowest BCUT2D eigenvalue weighted by molar-refractivity contribution is 0.185. The van der Waals surface area contributed by atoms with Gasteiger partial charge in [0.15, 0.2) is 0 Å². The predicted molar refractivity (Wildman–Crippen MR) is 64.3 cm³/mol. The second-order valence-electron chi connectivity index (χ2n) is 4.13. The monoisotopic (exact) mass is 242 g/mol. The van der Waals surface area contributed by atoms with E-state index in [-0.39, 0.29) is 11.9 Å². The first-order chi connectivity index (χ1) is 7.68. The molecule has 1 unspecified atom stereocenters. The van der Waals surface area contributed by atoms with E-state index in [1.807, 2.05) is 0 Å². The van der Waals surface area contributed by atoms with E-state index in [9.17, 15) is 4.39 Å². The lowest BCUT2D eigenvalue weighted by Crippen LogP contribution is -2.44. The highest BCUT2D eigenvalue weighted by Crippen LogP contribution is 2.27. The Morgan fingerprint density at radius 2 is 2.06 bits per heavy atom. The van der Waals surface area contributed by atoms with Crippen LogP contribution in [0.25, 0.3) is 0 Å². The molecular formula is C12H16ClFN2. The number of benzene rings is 1. The molecular weight excluding hydrogens is 227 g/mol. The molecule has 1 saturated heterocycles. The minimum absolute atomic E-state index is 0.246. The van der Waals surface area contributed by atoms with Crippen molar-refractivity contribution in [3.63, 3.8) is 0 Å².